The minimum Gasteiger partial charge on any atom is -0.593 e. The lowest BCUT2D eigenvalue weighted by molar-refractivity contribution is -0.387. The summed E-state index contributed by atoms with van der Waals surface area (Å²) in [6.45, 7) is 3.53. The van der Waals surface area contributed by atoms with E-state index in [1.54, 1.807) is 6.92 Å². The highest BCUT2D eigenvalue weighted by Gasteiger charge is 2.32. The number of benzene rings is 1. The summed E-state index contributed by atoms with van der Waals surface area (Å²) in [5, 5.41) is 23.8. The number of carbonyl (C=O) groups is 1. The highest BCUT2D eigenvalue weighted by Crippen LogP contribution is 2.24. The van der Waals surface area contributed by atoms with Crippen LogP contribution in [0.3, 0.4) is 0 Å². The monoisotopic (exact) mass is 481 g/mol. The van der Waals surface area contributed by atoms with Gasteiger partial charge >= 0.3 is 11.7 Å². The second-order valence-electron chi connectivity index (χ2n) is 9.15. The van der Waals surface area contributed by atoms with Gasteiger partial charge in [-0.05, 0) is 31.6 Å². The van der Waals surface area contributed by atoms with E-state index in [9.17, 15) is 19.5 Å². The van der Waals surface area contributed by atoms with Crippen LogP contribution in [0.1, 0.15) is 84.5 Å². The summed E-state index contributed by atoms with van der Waals surface area (Å²) in [6.07, 6.45) is 15.1. The molecular weight excluding hydrogens is 442 g/mol. The van der Waals surface area contributed by atoms with Crippen molar-refractivity contribution in [2.45, 2.75) is 107 Å². The number of nitrogens with one attached hydrogen (secondary N) is 2. The highest BCUT2D eigenvalue weighted by molar-refractivity contribution is 7.89. The number of para-hydroxylation sites is 1. The molecular formula is C24H39N3O5S. The standard InChI is InChI=1S/C12H16N2O5S.C12H23N/c1-3-8(2)11(12(15)16)13-20(19)10-7-5-4-6-9(10)14(17)18;1-3-7-11(8-4-1)13-12-9-5-2-6-10-12/h4-8,11,13H,3H2,1-2H3,(H,15,16);11-13H,1-10H2. The zero-order chi connectivity index (χ0) is 24.2. The van der Waals surface area contributed by atoms with Crippen LogP contribution in [0, 0.1) is 16.0 Å². The smallest absolute Gasteiger partial charge is 0.325 e. The number of carboxylic acids is 1. The molecule has 0 heterocycles. The maximum atomic E-state index is 12.1. The van der Waals surface area contributed by atoms with E-state index in [0.29, 0.717) is 6.42 Å². The quantitative estimate of drug-likeness (QED) is 0.259. The Morgan fingerprint density at radius 3 is 2.06 bits per heavy atom. The van der Waals surface area contributed by atoms with Crippen molar-refractivity contribution in [3.05, 3.63) is 34.4 Å². The van der Waals surface area contributed by atoms with Crippen molar-refractivity contribution in [1.82, 2.24) is 10.0 Å². The number of aliphatic carboxylic acids is 1. The van der Waals surface area contributed by atoms with Crippen LogP contribution in [0.25, 0.3) is 0 Å². The molecule has 0 spiro atoms. The molecule has 33 heavy (non-hydrogen) atoms. The molecule has 1 aromatic rings. The number of nitrogens with zero attached hydrogens (tertiary/aromatic N) is 1. The molecule has 1 aromatic carbocycles. The fourth-order valence-electron chi connectivity index (χ4n) is 4.46. The molecule has 2 aliphatic rings. The number of nitro groups is 1. The predicted molar refractivity (Wildman–Crippen MR) is 130 cm³/mol. The largest absolute Gasteiger partial charge is 0.593 e. The Hall–Kier alpha value is -1.68. The Labute approximate surface area is 200 Å². The molecule has 2 saturated carbocycles. The first-order valence-electron chi connectivity index (χ1n) is 12.2. The maximum absolute atomic E-state index is 12.1. The van der Waals surface area contributed by atoms with E-state index >= 15 is 0 Å². The van der Waals surface area contributed by atoms with Crippen LogP contribution in [-0.2, 0) is 16.2 Å². The molecule has 186 valence electrons. The molecule has 2 aliphatic carbocycles. The van der Waals surface area contributed by atoms with Crippen molar-refractivity contribution in [3.8, 4) is 0 Å². The van der Waals surface area contributed by atoms with Gasteiger partial charge in [0.2, 0.25) is 0 Å². The van der Waals surface area contributed by atoms with Crippen LogP contribution < -0.4 is 10.0 Å². The Morgan fingerprint density at radius 2 is 1.61 bits per heavy atom. The molecule has 9 heteroatoms. The zero-order valence-corrected chi connectivity index (χ0v) is 20.6. The summed E-state index contributed by atoms with van der Waals surface area (Å²) in [6, 6.07) is 6.27. The Balaban J connectivity index is 0.000000254. The first-order valence-corrected chi connectivity index (χ1v) is 13.4. The molecule has 0 aliphatic heterocycles. The first kappa shape index (κ1) is 27.6. The van der Waals surface area contributed by atoms with Crippen LogP contribution in [0.15, 0.2) is 29.2 Å². The molecule has 0 aromatic heterocycles. The Bertz CT molecular complexity index is 723. The fraction of sp³-hybridized carbons (Fsp3) is 0.708. The molecule has 3 atom stereocenters. The van der Waals surface area contributed by atoms with Gasteiger partial charge in [0.25, 0.3) is 4.90 Å². The average molecular weight is 482 g/mol. The van der Waals surface area contributed by atoms with Crippen molar-refractivity contribution < 1.29 is 19.4 Å². The highest BCUT2D eigenvalue weighted by atomic mass is 32.2. The lowest BCUT2D eigenvalue weighted by Gasteiger charge is -2.30. The van der Waals surface area contributed by atoms with Gasteiger partial charge in [-0.15, -0.1) is 4.72 Å². The second kappa shape index (κ2) is 14.6. The van der Waals surface area contributed by atoms with Gasteiger partial charge in [-0.2, -0.15) is 0 Å². The van der Waals surface area contributed by atoms with Crippen LogP contribution in [0.2, 0.25) is 0 Å². The average Bonchev–Trinajstić information content (AvgIpc) is 2.83. The second-order valence-corrected chi connectivity index (χ2v) is 10.4. The first-order chi connectivity index (χ1) is 15.8. The summed E-state index contributed by atoms with van der Waals surface area (Å²) < 4.78 is 14.6. The van der Waals surface area contributed by atoms with Crippen molar-refractivity contribution in [2.24, 2.45) is 5.92 Å². The van der Waals surface area contributed by atoms with Gasteiger partial charge < -0.3 is 15.0 Å². The third-order valence-corrected chi connectivity index (χ3v) is 7.87. The molecule has 0 saturated heterocycles. The zero-order valence-electron chi connectivity index (χ0n) is 19.8. The number of rotatable bonds is 9. The van der Waals surface area contributed by atoms with Gasteiger partial charge in [-0.25, -0.2) is 0 Å². The maximum Gasteiger partial charge on any atom is 0.325 e. The minimum atomic E-state index is -1.96. The predicted octanol–water partition coefficient (Wildman–Crippen LogP) is 4.95. The topological polar surface area (TPSA) is 128 Å². The molecule has 3 N–H and O–H groups in total. The van der Waals surface area contributed by atoms with Crippen molar-refractivity contribution in [1.29, 1.82) is 0 Å². The number of hydrogen-bond donors (Lipinski definition) is 3. The summed E-state index contributed by atoms with van der Waals surface area (Å²) in [7, 11) is 0. The summed E-state index contributed by atoms with van der Waals surface area (Å²) >= 11 is -1.96. The SMILES string of the molecule is C1CCC(NC2CCCCC2)CC1.CCC(C)C(N[S+]([O-])c1ccccc1[N+](=O)[O-])C(=O)O. The summed E-state index contributed by atoms with van der Waals surface area (Å²) in [5.41, 5.74) is -0.299. The van der Waals surface area contributed by atoms with Gasteiger partial charge in [-0.3, -0.25) is 14.9 Å². The molecule has 0 amide bonds. The third-order valence-electron chi connectivity index (χ3n) is 6.66. The van der Waals surface area contributed by atoms with Crippen LogP contribution in [-0.4, -0.2) is 38.7 Å². The normalized spacial score (nSPS) is 20.2. The van der Waals surface area contributed by atoms with Gasteiger partial charge in [-0.1, -0.05) is 70.9 Å². The van der Waals surface area contributed by atoms with E-state index in [0.717, 1.165) is 12.1 Å². The summed E-state index contributed by atoms with van der Waals surface area (Å²) in [4.78, 5) is 21.3. The van der Waals surface area contributed by atoms with E-state index in [1.807, 2.05) is 6.92 Å². The Morgan fingerprint density at radius 1 is 1.09 bits per heavy atom. The number of carboxylic acid groups (broad SMARTS) is 1. The van der Waals surface area contributed by atoms with E-state index in [-0.39, 0.29) is 16.5 Å². The van der Waals surface area contributed by atoms with Gasteiger partial charge in [0.15, 0.2) is 6.04 Å². The molecule has 2 fully saturated rings. The number of nitro benzene ring substituents is 1. The van der Waals surface area contributed by atoms with Crippen LogP contribution >= 0.6 is 0 Å². The molecule has 8 nitrogen and oxygen atoms in total. The molecule has 0 bridgehead atoms. The van der Waals surface area contributed by atoms with Crippen molar-refractivity contribution in [3.63, 3.8) is 0 Å². The van der Waals surface area contributed by atoms with E-state index in [2.05, 4.69) is 10.0 Å². The number of hydrogen-bond acceptors (Lipinski definition) is 6. The lowest BCUT2D eigenvalue weighted by atomic mass is 9.91. The minimum absolute atomic E-state index is 0.0351. The van der Waals surface area contributed by atoms with E-state index in [4.69, 9.17) is 5.11 Å². The lowest BCUT2D eigenvalue weighted by Crippen LogP contribution is -2.45. The van der Waals surface area contributed by atoms with E-state index in [1.165, 1.54) is 88.5 Å². The van der Waals surface area contributed by atoms with Crippen LogP contribution in [0.4, 0.5) is 5.69 Å². The molecule has 0 radical (unpaired) electrons. The van der Waals surface area contributed by atoms with Gasteiger partial charge in [0.05, 0.1) is 16.3 Å². The summed E-state index contributed by atoms with van der Waals surface area (Å²) in [5.74, 6) is -1.38. The fourth-order valence-corrected chi connectivity index (χ4v) is 5.69. The van der Waals surface area contributed by atoms with Crippen molar-refractivity contribution >= 4 is 23.0 Å². The van der Waals surface area contributed by atoms with Gasteiger partial charge in [0.1, 0.15) is 0 Å². The van der Waals surface area contributed by atoms with Crippen LogP contribution in [0.5, 0.6) is 0 Å². The van der Waals surface area contributed by atoms with Gasteiger partial charge in [0, 0.05) is 24.2 Å². The Kier molecular flexibility index (Phi) is 12.2. The third kappa shape index (κ3) is 9.23. The van der Waals surface area contributed by atoms with E-state index < -0.39 is 28.3 Å². The van der Waals surface area contributed by atoms with Crippen molar-refractivity contribution in [2.75, 3.05) is 0 Å². The molecule has 3 unspecified atom stereocenters. The molecule has 3 rings (SSSR count).